The molecule has 4 rings (SSSR count). The number of aromatic nitrogens is 4. The van der Waals surface area contributed by atoms with Crippen LogP contribution in [0.5, 0.6) is 0 Å². The molecule has 0 aliphatic carbocycles. The number of rotatable bonds is 4. The van der Waals surface area contributed by atoms with E-state index in [9.17, 15) is 13.2 Å². The average Bonchev–Trinajstić information content (AvgIpc) is 3.08. The van der Waals surface area contributed by atoms with Crippen LogP contribution >= 0.6 is 23.8 Å². The summed E-state index contributed by atoms with van der Waals surface area (Å²) >= 11 is 11.7. The first kappa shape index (κ1) is 21.8. The molecule has 1 aliphatic heterocycles. The van der Waals surface area contributed by atoms with Gasteiger partial charge in [0.25, 0.3) is 0 Å². The molecular formula is C20H20ClF3N6S. The Kier molecular flexibility index (Phi) is 6.05. The predicted octanol–water partition coefficient (Wildman–Crippen LogP) is 4.56. The molecule has 164 valence electrons. The van der Waals surface area contributed by atoms with Gasteiger partial charge >= 0.3 is 6.18 Å². The molecule has 1 fully saturated rings. The summed E-state index contributed by atoms with van der Waals surface area (Å²) in [7, 11) is 0. The Balaban J connectivity index is 1.42. The van der Waals surface area contributed by atoms with Crippen molar-refractivity contribution in [1.82, 2.24) is 24.2 Å². The first-order valence-electron chi connectivity index (χ1n) is 9.64. The molecular weight excluding hydrogens is 449 g/mol. The van der Waals surface area contributed by atoms with Crippen LogP contribution in [0.2, 0.25) is 5.02 Å². The third-order valence-corrected chi connectivity index (χ3v) is 5.95. The quantitative estimate of drug-likeness (QED) is 0.525. The van der Waals surface area contributed by atoms with Crippen molar-refractivity contribution >= 4 is 29.6 Å². The third-order valence-electron chi connectivity index (χ3n) is 5.26. The zero-order chi connectivity index (χ0) is 22.2. The zero-order valence-electron chi connectivity index (χ0n) is 16.7. The van der Waals surface area contributed by atoms with E-state index in [-0.39, 0.29) is 5.02 Å². The molecule has 0 bridgehead atoms. The van der Waals surface area contributed by atoms with Gasteiger partial charge in [0.15, 0.2) is 0 Å². The summed E-state index contributed by atoms with van der Waals surface area (Å²) in [6.45, 7) is 5.08. The summed E-state index contributed by atoms with van der Waals surface area (Å²) in [5.74, 6) is 0.370. The van der Waals surface area contributed by atoms with Crippen LogP contribution < -0.4 is 4.90 Å². The fourth-order valence-corrected chi connectivity index (χ4v) is 4.08. The molecule has 0 unspecified atom stereocenters. The minimum absolute atomic E-state index is 0.00229. The molecule has 0 spiro atoms. The number of alkyl halides is 3. The largest absolute Gasteiger partial charge is 0.417 e. The van der Waals surface area contributed by atoms with E-state index >= 15 is 0 Å². The van der Waals surface area contributed by atoms with Gasteiger partial charge in [0.05, 0.1) is 22.9 Å². The summed E-state index contributed by atoms with van der Waals surface area (Å²) in [6, 6.07) is 8.88. The van der Waals surface area contributed by atoms with Gasteiger partial charge in [0.1, 0.15) is 12.1 Å². The molecule has 1 saturated heterocycles. The second-order valence-electron chi connectivity index (χ2n) is 7.34. The highest BCUT2D eigenvalue weighted by Crippen LogP contribution is 2.33. The van der Waals surface area contributed by atoms with E-state index in [0.717, 1.165) is 23.5 Å². The molecule has 1 aromatic carbocycles. The van der Waals surface area contributed by atoms with Crippen LogP contribution in [0, 0.1) is 11.7 Å². The Morgan fingerprint density at radius 2 is 1.84 bits per heavy atom. The maximum atomic E-state index is 12.8. The van der Waals surface area contributed by atoms with Crippen molar-refractivity contribution in [1.29, 1.82) is 0 Å². The number of benzene rings is 1. The van der Waals surface area contributed by atoms with Gasteiger partial charge < -0.3 is 4.90 Å². The molecule has 1 aliphatic rings. The Labute approximate surface area is 187 Å². The predicted molar refractivity (Wildman–Crippen MR) is 115 cm³/mol. The van der Waals surface area contributed by atoms with Crippen LogP contribution in [0.1, 0.15) is 11.1 Å². The van der Waals surface area contributed by atoms with E-state index in [4.69, 9.17) is 23.8 Å². The van der Waals surface area contributed by atoms with Crippen molar-refractivity contribution < 1.29 is 13.2 Å². The van der Waals surface area contributed by atoms with E-state index in [1.807, 2.05) is 40.7 Å². The number of para-hydroxylation sites is 1. The first-order chi connectivity index (χ1) is 14.7. The molecule has 0 atom stereocenters. The standard InChI is InChI=1S/C20H20ClF3N6S/c1-14-4-2-3-5-17(14)29-12-26-30(19(29)31)13-27-6-8-28(9-7-27)18-16(21)10-15(11-25-18)20(22,23)24/h2-5,10-12H,6-9,13H2,1H3. The molecule has 0 radical (unpaired) electrons. The smallest absolute Gasteiger partial charge is 0.353 e. The Morgan fingerprint density at radius 1 is 1.13 bits per heavy atom. The lowest BCUT2D eigenvalue weighted by atomic mass is 10.2. The summed E-state index contributed by atoms with van der Waals surface area (Å²) in [4.78, 5) is 8.03. The van der Waals surface area contributed by atoms with Gasteiger partial charge in [-0.2, -0.15) is 18.3 Å². The van der Waals surface area contributed by atoms with E-state index in [2.05, 4.69) is 15.0 Å². The van der Waals surface area contributed by atoms with E-state index in [1.165, 1.54) is 0 Å². The van der Waals surface area contributed by atoms with Crippen LogP contribution in [0.25, 0.3) is 5.69 Å². The molecule has 2 aromatic heterocycles. The monoisotopic (exact) mass is 468 g/mol. The van der Waals surface area contributed by atoms with Gasteiger partial charge in [-0.3, -0.25) is 9.47 Å². The lowest BCUT2D eigenvalue weighted by Gasteiger charge is -2.35. The lowest BCUT2D eigenvalue weighted by Crippen LogP contribution is -2.47. The lowest BCUT2D eigenvalue weighted by molar-refractivity contribution is -0.137. The average molecular weight is 469 g/mol. The highest BCUT2D eigenvalue weighted by Gasteiger charge is 2.32. The van der Waals surface area contributed by atoms with Crippen molar-refractivity contribution in [2.45, 2.75) is 19.8 Å². The molecule has 3 aromatic rings. The second-order valence-corrected chi connectivity index (χ2v) is 8.12. The fourth-order valence-electron chi connectivity index (χ4n) is 3.54. The number of hydrogen-bond donors (Lipinski definition) is 0. The summed E-state index contributed by atoms with van der Waals surface area (Å²) < 4.78 is 42.7. The maximum absolute atomic E-state index is 12.8. The normalized spacial score (nSPS) is 15.5. The van der Waals surface area contributed by atoms with Crippen molar-refractivity contribution in [3.63, 3.8) is 0 Å². The molecule has 3 heterocycles. The minimum atomic E-state index is -4.46. The van der Waals surface area contributed by atoms with Gasteiger partial charge in [-0.15, -0.1) is 0 Å². The summed E-state index contributed by atoms with van der Waals surface area (Å²) in [5.41, 5.74) is 1.25. The Morgan fingerprint density at radius 3 is 2.48 bits per heavy atom. The van der Waals surface area contributed by atoms with E-state index in [1.54, 1.807) is 11.0 Å². The second kappa shape index (κ2) is 8.60. The van der Waals surface area contributed by atoms with Gasteiger partial charge in [-0.05, 0) is 36.8 Å². The molecule has 31 heavy (non-hydrogen) atoms. The Hall–Kier alpha value is -2.43. The number of halogens is 4. The van der Waals surface area contributed by atoms with E-state index in [0.29, 0.717) is 43.4 Å². The van der Waals surface area contributed by atoms with Crippen LogP contribution in [-0.2, 0) is 12.8 Å². The zero-order valence-corrected chi connectivity index (χ0v) is 18.3. The molecule has 0 N–H and O–H groups in total. The fraction of sp³-hybridized carbons (Fsp3) is 0.350. The van der Waals surface area contributed by atoms with Gasteiger partial charge in [0, 0.05) is 32.4 Å². The molecule has 0 saturated carbocycles. The highest BCUT2D eigenvalue weighted by molar-refractivity contribution is 7.71. The van der Waals surface area contributed by atoms with Crippen LogP contribution in [0.3, 0.4) is 0 Å². The van der Waals surface area contributed by atoms with Crippen molar-refractivity contribution in [2.75, 3.05) is 31.1 Å². The minimum Gasteiger partial charge on any atom is -0.353 e. The van der Waals surface area contributed by atoms with Crippen LogP contribution in [0.15, 0.2) is 42.9 Å². The van der Waals surface area contributed by atoms with E-state index < -0.39 is 11.7 Å². The Bertz CT molecular complexity index is 1130. The summed E-state index contributed by atoms with van der Waals surface area (Å²) in [5, 5.41) is 4.43. The van der Waals surface area contributed by atoms with Crippen LogP contribution in [0.4, 0.5) is 19.0 Å². The number of hydrogen-bond acceptors (Lipinski definition) is 5. The topological polar surface area (TPSA) is 42.1 Å². The number of anilines is 1. The molecule has 0 amide bonds. The summed E-state index contributed by atoms with van der Waals surface area (Å²) in [6.07, 6.45) is -1.92. The van der Waals surface area contributed by atoms with Gasteiger partial charge in [-0.25, -0.2) is 9.67 Å². The van der Waals surface area contributed by atoms with Gasteiger partial charge in [0.2, 0.25) is 4.77 Å². The highest BCUT2D eigenvalue weighted by atomic mass is 35.5. The number of aryl methyl sites for hydroxylation is 1. The first-order valence-corrected chi connectivity index (χ1v) is 10.4. The van der Waals surface area contributed by atoms with Crippen LogP contribution in [-0.4, -0.2) is 50.4 Å². The maximum Gasteiger partial charge on any atom is 0.417 e. The molecule has 11 heteroatoms. The number of pyridine rings is 1. The number of nitrogens with zero attached hydrogens (tertiary/aromatic N) is 6. The third kappa shape index (κ3) is 4.60. The molecule has 6 nitrogen and oxygen atoms in total. The SMILES string of the molecule is Cc1ccccc1-n1cnn(CN2CCN(c3ncc(C(F)(F)F)cc3Cl)CC2)c1=S. The van der Waals surface area contributed by atoms with Gasteiger partial charge in [-0.1, -0.05) is 29.8 Å². The van der Waals surface area contributed by atoms with Crippen molar-refractivity contribution in [3.05, 3.63) is 63.8 Å². The number of piperazine rings is 1. The van der Waals surface area contributed by atoms with Crippen molar-refractivity contribution in [3.8, 4) is 5.69 Å². The van der Waals surface area contributed by atoms with Crippen molar-refractivity contribution in [2.24, 2.45) is 0 Å².